The van der Waals surface area contributed by atoms with E-state index >= 15 is 0 Å². The Morgan fingerprint density at radius 1 is 0.769 bits per heavy atom. The Hall–Kier alpha value is -3.46. The Bertz CT molecular complexity index is 1040. The van der Waals surface area contributed by atoms with Gasteiger partial charge in [0.1, 0.15) is 5.69 Å². The van der Waals surface area contributed by atoms with E-state index in [-0.39, 0.29) is 0 Å². The van der Waals surface area contributed by atoms with Crippen molar-refractivity contribution in [2.75, 3.05) is 5.32 Å². The molecule has 0 spiro atoms. The number of fused-ring (bicyclic) bond motifs is 1. The SMILES string of the molecule is C=Cc1ccc(-c2nnc(NCc3ccccc3)c3ccccc23)cc1. The molecule has 3 heteroatoms. The molecule has 0 saturated carbocycles. The molecule has 0 aliphatic carbocycles. The summed E-state index contributed by atoms with van der Waals surface area (Å²) in [5, 5.41) is 14.5. The second-order valence-electron chi connectivity index (χ2n) is 6.11. The summed E-state index contributed by atoms with van der Waals surface area (Å²) in [7, 11) is 0. The lowest BCUT2D eigenvalue weighted by Gasteiger charge is -2.11. The third-order valence-electron chi connectivity index (χ3n) is 4.41. The van der Waals surface area contributed by atoms with Gasteiger partial charge in [-0.2, -0.15) is 0 Å². The molecule has 0 saturated heterocycles. The zero-order chi connectivity index (χ0) is 17.8. The summed E-state index contributed by atoms with van der Waals surface area (Å²) in [4.78, 5) is 0. The van der Waals surface area contributed by atoms with Crippen LogP contribution in [0.3, 0.4) is 0 Å². The lowest BCUT2D eigenvalue weighted by atomic mass is 10.0. The van der Waals surface area contributed by atoms with Crippen molar-refractivity contribution in [3.8, 4) is 11.3 Å². The maximum atomic E-state index is 4.51. The first-order chi connectivity index (χ1) is 12.8. The van der Waals surface area contributed by atoms with Gasteiger partial charge in [0.15, 0.2) is 5.82 Å². The van der Waals surface area contributed by atoms with Crippen molar-refractivity contribution in [2.24, 2.45) is 0 Å². The van der Waals surface area contributed by atoms with Gasteiger partial charge in [-0.25, -0.2) is 0 Å². The summed E-state index contributed by atoms with van der Waals surface area (Å²) in [5.74, 6) is 0.802. The number of nitrogens with zero attached hydrogens (tertiary/aromatic N) is 2. The maximum Gasteiger partial charge on any atom is 0.156 e. The van der Waals surface area contributed by atoms with Crippen LogP contribution in [0.15, 0.2) is 85.4 Å². The van der Waals surface area contributed by atoms with Crippen molar-refractivity contribution in [1.29, 1.82) is 0 Å². The van der Waals surface area contributed by atoms with Crippen LogP contribution in [-0.2, 0) is 6.54 Å². The van der Waals surface area contributed by atoms with Crippen molar-refractivity contribution in [1.82, 2.24) is 10.2 Å². The summed E-state index contributed by atoms with van der Waals surface area (Å²) in [5.41, 5.74) is 4.24. The summed E-state index contributed by atoms with van der Waals surface area (Å²) in [6.07, 6.45) is 1.84. The summed E-state index contributed by atoms with van der Waals surface area (Å²) < 4.78 is 0. The smallest absolute Gasteiger partial charge is 0.156 e. The number of rotatable bonds is 5. The fourth-order valence-electron chi connectivity index (χ4n) is 3.01. The summed E-state index contributed by atoms with van der Waals surface area (Å²) >= 11 is 0. The molecule has 3 aromatic carbocycles. The van der Waals surface area contributed by atoms with E-state index in [9.17, 15) is 0 Å². The molecule has 0 aliphatic heterocycles. The molecule has 0 aliphatic rings. The molecule has 4 aromatic rings. The predicted molar refractivity (Wildman–Crippen MR) is 109 cm³/mol. The van der Waals surface area contributed by atoms with Crippen LogP contribution < -0.4 is 5.32 Å². The first-order valence-electron chi connectivity index (χ1n) is 8.61. The van der Waals surface area contributed by atoms with Gasteiger partial charge in [-0.1, -0.05) is 91.5 Å². The first-order valence-corrected chi connectivity index (χ1v) is 8.61. The molecule has 4 rings (SSSR count). The number of hydrogen-bond donors (Lipinski definition) is 1. The van der Waals surface area contributed by atoms with Gasteiger partial charge in [0.05, 0.1) is 0 Å². The number of benzene rings is 3. The Balaban J connectivity index is 1.72. The number of nitrogens with one attached hydrogen (secondary N) is 1. The number of anilines is 1. The van der Waals surface area contributed by atoms with Crippen LogP contribution in [0.2, 0.25) is 0 Å². The lowest BCUT2D eigenvalue weighted by molar-refractivity contribution is 1.02. The van der Waals surface area contributed by atoms with Crippen LogP contribution >= 0.6 is 0 Å². The van der Waals surface area contributed by atoms with Gasteiger partial charge in [0.2, 0.25) is 0 Å². The lowest BCUT2D eigenvalue weighted by Crippen LogP contribution is -2.04. The Kier molecular flexibility index (Phi) is 4.44. The Morgan fingerprint density at radius 3 is 2.19 bits per heavy atom. The van der Waals surface area contributed by atoms with Crippen LogP contribution in [0.5, 0.6) is 0 Å². The van der Waals surface area contributed by atoms with E-state index in [4.69, 9.17) is 0 Å². The topological polar surface area (TPSA) is 37.8 Å². The van der Waals surface area contributed by atoms with Crippen LogP contribution in [-0.4, -0.2) is 10.2 Å². The normalized spacial score (nSPS) is 10.6. The average molecular weight is 337 g/mol. The van der Waals surface area contributed by atoms with Crippen LogP contribution in [0.1, 0.15) is 11.1 Å². The minimum atomic E-state index is 0.715. The quantitative estimate of drug-likeness (QED) is 0.519. The van der Waals surface area contributed by atoms with Crippen LogP contribution in [0.4, 0.5) is 5.82 Å². The van der Waals surface area contributed by atoms with E-state index in [1.807, 2.05) is 48.5 Å². The largest absolute Gasteiger partial charge is 0.364 e. The van der Waals surface area contributed by atoms with Crippen LogP contribution in [0.25, 0.3) is 28.1 Å². The molecule has 1 N–H and O–H groups in total. The molecule has 0 unspecified atom stereocenters. The van der Waals surface area contributed by atoms with Gasteiger partial charge in [0.25, 0.3) is 0 Å². The second-order valence-corrected chi connectivity index (χ2v) is 6.11. The van der Waals surface area contributed by atoms with Crippen molar-refractivity contribution in [3.63, 3.8) is 0 Å². The highest BCUT2D eigenvalue weighted by Gasteiger charge is 2.10. The van der Waals surface area contributed by atoms with E-state index in [0.717, 1.165) is 33.4 Å². The van der Waals surface area contributed by atoms with E-state index in [1.54, 1.807) is 0 Å². The minimum Gasteiger partial charge on any atom is -0.364 e. The standard InChI is InChI=1S/C23H19N3/c1-2-17-12-14-19(15-13-17)22-20-10-6-7-11-21(20)23(26-25-22)24-16-18-8-4-3-5-9-18/h2-15H,1,16H2,(H,24,26). The highest BCUT2D eigenvalue weighted by molar-refractivity contribution is 6.00. The first kappa shape index (κ1) is 16.0. The fraction of sp³-hybridized carbons (Fsp3) is 0.0435. The van der Waals surface area contributed by atoms with Gasteiger partial charge < -0.3 is 5.32 Å². The highest BCUT2D eigenvalue weighted by Crippen LogP contribution is 2.30. The highest BCUT2D eigenvalue weighted by atomic mass is 15.2. The number of aromatic nitrogens is 2. The average Bonchev–Trinajstić information content (AvgIpc) is 2.73. The molecular formula is C23H19N3. The fourth-order valence-corrected chi connectivity index (χ4v) is 3.01. The second kappa shape index (κ2) is 7.19. The van der Waals surface area contributed by atoms with Crippen molar-refractivity contribution in [3.05, 3.63) is 96.6 Å². The molecule has 0 radical (unpaired) electrons. The Labute approximate surface area is 153 Å². The number of hydrogen-bond acceptors (Lipinski definition) is 3. The molecule has 1 aromatic heterocycles. The zero-order valence-electron chi connectivity index (χ0n) is 14.4. The van der Waals surface area contributed by atoms with Gasteiger partial charge in [-0.05, 0) is 11.1 Å². The molecule has 0 bridgehead atoms. The third kappa shape index (κ3) is 3.20. The molecule has 0 atom stereocenters. The summed E-state index contributed by atoms with van der Waals surface area (Å²) in [6, 6.07) is 26.7. The summed E-state index contributed by atoms with van der Waals surface area (Å²) in [6.45, 7) is 4.52. The molecule has 1 heterocycles. The third-order valence-corrected chi connectivity index (χ3v) is 4.41. The van der Waals surface area contributed by atoms with Crippen molar-refractivity contribution >= 4 is 22.7 Å². The van der Waals surface area contributed by atoms with Crippen LogP contribution in [0, 0.1) is 0 Å². The molecule has 0 fully saturated rings. The zero-order valence-corrected chi connectivity index (χ0v) is 14.4. The van der Waals surface area contributed by atoms with Gasteiger partial charge in [-0.3, -0.25) is 0 Å². The molecule has 26 heavy (non-hydrogen) atoms. The van der Waals surface area contributed by atoms with E-state index < -0.39 is 0 Å². The van der Waals surface area contributed by atoms with Gasteiger partial charge in [0, 0.05) is 22.9 Å². The maximum absolute atomic E-state index is 4.51. The van der Waals surface area contributed by atoms with Crippen molar-refractivity contribution < 1.29 is 0 Å². The van der Waals surface area contributed by atoms with E-state index in [2.05, 4.69) is 58.5 Å². The molecular weight excluding hydrogens is 318 g/mol. The monoisotopic (exact) mass is 337 g/mol. The Morgan fingerprint density at radius 2 is 1.46 bits per heavy atom. The predicted octanol–water partition coefficient (Wildman–Crippen LogP) is 5.55. The molecule has 126 valence electrons. The molecule has 0 amide bonds. The minimum absolute atomic E-state index is 0.715. The van der Waals surface area contributed by atoms with Gasteiger partial charge in [-0.15, -0.1) is 10.2 Å². The van der Waals surface area contributed by atoms with Gasteiger partial charge >= 0.3 is 0 Å². The van der Waals surface area contributed by atoms with E-state index in [1.165, 1.54) is 5.56 Å². The van der Waals surface area contributed by atoms with Crippen molar-refractivity contribution in [2.45, 2.75) is 6.54 Å². The van der Waals surface area contributed by atoms with E-state index in [0.29, 0.717) is 6.54 Å². The molecule has 3 nitrogen and oxygen atoms in total.